The number of para-hydroxylation sites is 3. The van der Waals surface area contributed by atoms with Gasteiger partial charge in [0, 0.05) is 32.8 Å². The zero-order chi connectivity index (χ0) is 32.2. The van der Waals surface area contributed by atoms with Crippen molar-refractivity contribution in [1.29, 1.82) is 10.5 Å². The molecule has 0 bridgehead atoms. The van der Waals surface area contributed by atoms with E-state index >= 15 is 0 Å². The number of hydrogen-bond donors (Lipinski definition) is 0. The Morgan fingerprint density at radius 1 is 0.417 bits per heavy atom. The third-order valence-corrected chi connectivity index (χ3v) is 9.42. The van der Waals surface area contributed by atoms with E-state index in [0.29, 0.717) is 11.1 Å². The molecule has 9 aromatic rings. The molecule has 0 N–H and O–H groups in total. The lowest BCUT2D eigenvalue weighted by Gasteiger charge is -2.18. The van der Waals surface area contributed by atoms with Crippen LogP contribution in [0.5, 0.6) is 0 Å². The van der Waals surface area contributed by atoms with Gasteiger partial charge in [0.05, 0.1) is 51.0 Å². The highest BCUT2D eigenvalue weighted by Gasteiger charge is 2.19. The van der Waals surface area contributed by atoms with E-state index in [1.165, 1.54) is 10.8 Å². The van der Waals surface area contributed by atoms with Gasteiger partial charge in [-0.1, -0.05) is 103 Å². The average molecular weight is 611 g/mol. The molecular formula is C44H26N4. The molecule has 9 rings (SSSR count). The van der Waals surface area contributed by atoms with E-state index in [2.05, 4.69) is 143 Å². The molecule has 0 aliphatic heterocycles. The fourth-order valence-electron chi connectivity index (χ4n) is 7.35. The zero-order valence-corrected chi connectivity index (χ0v) is 25.8. The van der Waals surface area contributed by atoms with Gasteiger partial charge in [-0.2, -0.15) is 10.5 Å². The fraction of sp³-hybridized carbons (Fsp3) is 0. The average Bonchev–Trinajstić information content (AvgIpc) is 3.68. The molecular weight excluding hydrogens is 585 g/mol. The van der Waals surface area contributed by atoms with Gasteiger partial charge in [0.25, 0.3) is 0 Å². The van der Waals surface area contributed by atoms with Crippen molar-refractivity contribution in [2.75, 3.05) is 0 Å². The highest BCUT2D eigenvalue weighted by atomic mass is 15.0. The Morgan fingerprint density at radius 2 is 1.00 bits per heavy atom. The molecule has 7 aromatic carbocycles. The first-order chi connectivity index (χ1) is 23.7. The summed E-state index contributed by atoms with van der Waals surface area (Å²) in [6.45, 7) is 0. The van der Waals surface area contributed by atoms with Crippen LogP contribution in [-0.4, -0.2) is 9.13 Å². The molecule has 0 atom stereocenters. The monoisotopic (exact) mass is 610 g/mol. The van der Waals surface area contributed by atoms with Gasteiger partial charge in [-0.25, -0.2) is 0 Å². The SMILES string of the molecule is N#Cc1ccc(-c2ccccc2-c2ccc(-n3c4ccccc4c4c(C#N)cccc43)cc2)c(-n2c3ccccc3c3ccccc32)c1. The Balaban J connectivity index is 1.23. The second kappa shape index (κ2) is 10.9. The highest BCUT2D eigenvalue weighted by Crippen LogP contribution is 2.41. The Bertz CT molecular complexity index is 2750. The summed E-state index contributed by atoms with van der Waals surface area (Å²) >= 11 is 0. The summed E-state index contributed by atoms with van der Waals surface area (Å²) in [7, 11) is 0. The van der Waals surface area contributed by atoms with Crippen LogP contribution < -0.4 is 0 Å². The van der Waals surface area contributed by atoms with E-state index < -0.39 is 0 Å². The maximum absolute atomic E-state index is 9.97. The summed E-state index contributed by atoms with van der Waals surface area (Å²) in [5.74, 6) is 0. The maximum Gasteiger partial charge on any atom is 0.0998 e. The predicted octanol–water partition coefficient (Wildman–Crippen LogP) is 11.0. The van der Waals surface area contributed by atoms with Gasteiger partial charge in [0.2, 0.25) is 0 Å². The highest BCUT2D eigenvalue weighted by molar-refractivity contribution is 6.12. The lowest BCUT2D eigenvalue weighted by Crippen LogP contribution is -1.99. The van der Waals surface area contributed by atoms with Gasteiger partial charge in [0.1, 0.15) is 0 Å². The summed E-state index contributed by atoms with van der Waals surface area (Å²) in [4.78, 5) is 0. The van der Waals surface area contributed by atoms with Crippen LogP contribution in [0.2, 0.25) is 0 Å². The molecule has 4 heteroatoms. The third kappa shape index (κ3) is 4.07. The van der Waals surface area contributed by atoms with Gasteiger partial charge in [-0.3, -0.25) is 0 Å². The molecule has 0 saturated heterocycles. The minimum Gasteiger partial charge on any atom is -0.309 e. The van der Waals surface area contributed by atoms with E-state index in [1.807, 2.05) is 36.4 Å². The van der Waals surface area contributed by atoms with E-state index in [-0.39, 0.29) is 0 Å². The topological polar surface area (TPSA) is 57.4 Å². The molecule has 2 aromatic heterocycles. The number of aromatic nitrogens is 2. The van der Waals surface area contributed by atoms with E-state index in [1.54, 1.807) is 0 Å². The first kappa shape index (κ1) is 27.4. The number of rotatable bonds is 4. The van der Waals surface area contributed by atoms with Gasteiger partial charge in [-0.05, 0) is 71.3 Å². The fourth-order valence-corrected chi connectivity index (χ4v) is 7.35. The van der Waals surface area contributed by atoms with Gasteiger partial charge in [-0.15, -0.1) is 0 Å². The Labute approximate surface area is 277 Å². The first-order valence-corrected chi connectivity index (χ1v) is 15.9. The summed E-state index contributed by atoms with van der Waals surface area (Å²) in [5.41, 5.74) is 11.9. The van der Waals surface area contributed by atoms with Crippen LogP contribution in [-0.2, 0) is 0 Å². The molecule has 0 aliphatic carbocycles. The van der Waals surface area contributed by atoms with Crippen molar-refractivity contribution >= 4 is 43.6 Å². The van der Waals surface area contributed by atoms with E-state index in [0.717, 1.165) is 66.5 Å². The van der Waals surface area contributed by atoms with Crippen LogP contribution in [0.25, 0.3) is 77.2 Å². The smallest absolute Gasteiger partial charge is 0.0998 e. The van der Waals surface area contributed by atoms with Crippen LogP contribution in [0.4, 0.5) is 0 Å². The minimum absolute atomic E-state index is 0.614. The number of hydrogen-bond acceptors (Lipinski definition) is 2. The quantitative estimate of drug-likeness (QED) is 0.199. The molecule has 0 amide bonds. The third-order valence-electron chi connectivity index (χ3n) is 9.42. The maximum atomic E-state index is 9.97. The number of fused-ring (bicyclic) bond motifs is 6. The Kier molecular flexibility index (Phi) is 6.22. The van der Waals surface area contributed by atoms with Gasteiger partial charge < -0.3 is 9.13 Å². The molecule has 0 saturated carbocycles. The Morgan fingerprint density at radius 3 is 1.67 bits per heavy atom. The second-order valence-corrected chi connectivity index (χ2v) is 12.0. The normalized spacial score (nSPS) is 11.3. The number of nitriles is 2. The molecule has 0 unspecified atom stereocenters. The van der Waals surface area contributed by atoms with Crippen molar-refractivity contribution in [3.63, 3.8) is 0 Å². The summed E-state index contributed by atoms with van der Waals surface area (Å²) < 4.78 is 4.53. The molecule has 4 nitrogen and oxygen atoms in total. The van der Waals surface area contributed by atoms with E-state index in [4.69, 9.17) is 0 Å². The molecule has 0 aliphatic rings. The zero-order valence-electron chi connectivity index (χ0n) is 25.8. The van der Waals surface area contributed by atoms with Crippen molar-refractivity contribution < 1.29 is 0 Å². The molecule has 48 heavy (non-hydrogen) atoms. The van der Waals surface area contributed by atoms with Gasteiger partial charge in [0.15, 0.2) is 0 Å². The van der Waals surface area contributed by atoms with Crippen LogP contribution in [0.15, 0.2) is 158 Å². The van der Waals surface area contributed by atoms with Crippen LogP contribution >= 0.6 is 0 Å². The summed E-state index contributed by atoms with van der Waals surface area (Å²) in [5, 5.41) is 24.3. The molecule has 0 fully saturated rings. The van der Waals surface area contributed by atoms with Gasteiger partial charge >= 0.3 is 0 Å². The van der Waals surface area contributed by atoms with Crippen molar-refractivity contribution in [3.8, 4) is 45.8 Å². The first-order valence-electron chi connectivity index (χ1n) is 15.9. The van der Waals surface area contributed by atoms with Crippen LogP contribution in [0, 0.1) is 22.7 Å². The number of nitrogens with zero attached hydrogens (tertiary/aromatic N) is 4. The summed E-state index contributed by atoms with van der Waals surface area (Å²) in [6, 6.07) is 59.0. The van der Waals surface area contributed by atoms with Crippen molar-refractivity contribution in [1.82, 2.24) is 9.13 Å². The molecule has 0 radical (unpaired) electrons. The van der Waals surface area contributed by atoms with Crippen molar-refractivity contribution in [2.45, 2.75) is 0 Å². The standard InChI is InChI=1S/C44H26N4/c45-27-29-20-25-37(43(26-29)48-39-16-6-3-13-35(39)36-14-4-7-17-40(36)48)34-12-2-1-11-33(34)30-21-23-32(24-22-30)47-41-18-8-5-15-38(41)44-31(28-46)10-9-19-42(44)47/h1-26H. The predicted molar refractivity (Wildman–Crippen MR) is 195 cm³/mol. The molecule has 0 spiro atoms. The molecule has 2 heterocycles. The number of benzene rings is 7. The van der Waals surface area contributed by atoms with Crippen molar-refractivity contribution in [2.24, 2.45) is 0 Å². The van der Waals surface area contributed by atoms with Crippen LogP contribution in [0.1, 0.15) is 11.1 Å². The second-order valence-electron chi connectivity index (χ2n) is 12.0. The largest absolute Gasteiger partial charge is 0.309 e. The van der Waals surface area contributed by atoms with E-state index in [9.17, 15) is 10.5 Å². The summed E-state index contributed by atoms with van der Waals surface area (Å²) in [6.07, 6.45) is 0. The molecule has 222 valence electrons. The Hall–Kier alpha value is -6.88. The lowest BCUT2D eigenvalue weighted by atomic mass is 9.92. The van der Waals surface area contributed by atoms with Crippen LogP contribution in [0.3, 0.4) is 0 Å². The minimum atomic E-state index is 0.614. The lowest BCUT2D eigenvalue weighted by molar-refractivity contribution is 1.18. The van der Waals surface area contributed by atoms with Crippen molar-refractivity contribution in [3.05, 3.63) is 169 Å².